The Labute approximate surface area is 181 Å². The van der Waals surface area contributed by atoms with E-state index in [1.54, 1.807) is 6.26 Å². The first-order chi connectivity index (χ1) is 15.2. The van der Waals surface area contributed by atoms with Crippen molar-refractivity contribution in [1.29, 1.82) is 0 Å². The first-order valence-corrected chi connectivity index (χ1v) is 10.6. The van der Waals surface area contributed by atoms with Crippen molar-refractivity contribution in [3.05, 3.63) is 95.0 Å². The molecule has 5 heteroatoms. The maximum Gasteiger partial charge on any atom is 0.281 e. The van der Waals surface area contributed by atoms with E-state index in [1.807, 2.05) is 36.4 Å². The minimum absolute atomic E-state index is 0.0674. The number of nitrogens with zero attached hydrogens (tertiary/aromatic N) is 2. The molecule has 1 aliphatic carbocycles. The van der Waals surface area contributed by atoms with Gasteiger partial charge in [-0.2, -0.15) is 5.10 Å². The van der Waals surface area contributed by atoms with Crippen LogP contribution in [0.15, 0.2) is 76.5 Å². The van der Waals surface area contributed by atoms with Crippen LogP contribution < -0.4 is 4.74 Å². The second kappa shape index (κ2) is 8.26. The summed E-state index contributed by atoms with van der Waals surface area (Å²) in [4.78, 5) is 13.2. The fourth-order valence-electron chi connectivity index (χ4n) is 4.15. The Morgan fingerprint density at radius 3 is 2.84 bits per heavy atom. The van der Waals surface area contributed by atoms with Gasteiger partial charge < -0.3 is 9.15 Å². The highest BCUT2D eigenvalue weighted by atomic mass is 16.5. The van der Waals surface area contributed by atoms with Crippen LogP contribution in [0.1, 0.15) is 46.9 Å². The van der Waals surface area contributed by atoms with Gasteiger partial charge >= 0.3 is 0 Å². The highest BCUT2D eigenvalue weighted by Crippen LogP contribution is 2.34. The summed E-state index contributed by atoms with van der Waals surface area (Å²) >= 11 is 0. The number of rotatable bonds is 5. The maximum absolute atomic E-state index is 13.2. The van der Waals surface area contributed by atoms with Crippen molar-refractivity contribution < 1.29 is 13.9 Å². The Morgan fingerprint density at radius 1 is 1.16 bits per heavy atom. The van der Waals surface area contributed by atoms with Crippen LogP contribution in [0.5, 0.6) is 5.75 Å². The molecule has 0 spiro atoms. The zero-order valence-corrected chi connectivity index (χ0v) is 17.5. The summed E-state index contributed by atoms with van der Waals surface area (Å²) in [5, 5.41) is 6.19. The lowest BCUT2D eigenvalue weighted by atomic mass is 9.97. The molecule has 2 aromatic carbocycles. The van der Waals surface area contributed by atoms with Crippen LogP contribution >= 0.6 is 0 Å². The van der Waals surface area contributed by atoms with Crippen molar-refractivity contribution in [2.45, 2.75) is 32.2 Å². The number of furan rings is 1. The van der Waals surface area contributed by atoms with E-state index in [9.17, 15) is 4.79 Å². The number of hydrogen-bond acceptors (Lipinski definition) is 4. The van der Waals surface area contributed by atoms with E-state index in [-0.39, 0.29) is 18.6 Å². The number of carbonyl (C=O) groups excluding carboxylic acids is 1. The van der Waals surface area contributed by atoms with Crippen molar-refractivity contribution in [2.75, 3.05) is 6.61 Å². The summed E-state index contributed by atoms with van der Waals surface area (Å²) in [7, 11) is 0. The number of carbonyl (C=O) groups is 1. The number of benzene rings is 2. The molecule has 0 unspecified atom stereocenters. The van der Waals surface area contributed by atoms with Crippen molar-refractivity contribution in [1.82, 2.24) is 5.01 Å². The molecule has 3 aromatic rings. The Balaban J connectivity index is 1.37. The van der Waals surface area contributed by atoms with Crippen LogP contribution in [0.25, 0.3) is 6.08 Å². The van der Waals surface area contributed by atoms with E-state index in [1.165, 1.54) is 10.6 Å². The smallest absolute Gasteiger partial charge is 0.281 e. The van der Waals surface area contributed by atoms with E-state index >= 15 is 0 Å². The molecule has 1 aromatic heterocycles. The zero-order valence-electron chi connectivity index (χ0n) is 17.5. The summed E-state index contributed by atoms with van der Waals surface area (Å²) in [6, 6.07) is 17.6. The van der Waals surface area contributed by atoms with Crippen LogP contribution in [-0.4, -0.2) is 23.2 Å². The fourth-order valence-corrected chi connectivity index (χ4v) is 4.15. The normalized spacial score (nSPS) is 17.4. The van der Waals surface area contributed by atoms with E-state index in [4.69, 9.17) is 9.15 Å². The SMILES string of the molecule is Cc1ccc(C2=NN(C(=O)COc3cccc4c3CCC=C4)[C@H](c3ccco3)C2)cc1. The number of hydrogen-bond donors (Lipinski definition) is 0. The van der Waals surface area contributed by atoms with E-state index in [0.29, 0.717) is 6.42 Å². The van der Waals surface area contributed by atoms with Crippen LogP contribution in [0.2, 0.25) is 0 Å². The highest BCUT2D eigenvalue weighted by Gasteiger charge is 2.35. The Kier molecular flexibility index (Phi) is 5.16. The summed E-state index contributed by atoms with van der Waals surface area (Å²) in [6.07, 6.45) is 8.41. The Hall–Kier alpha value is -3.60. The standard InChI is InChI=1S/C26H24N2O3/c1-18-11-13-20(14-12-18)22-16-23(25-10-5-15-30-25)28(27-22)26(29)17-31-24-9-4-7-19-6-2-3-8-21(19)24/h2,4-7,9-15,23H,3,8,16-17H2,1H3/t23-/m0/s1. The fraction of sp³-hybridized carbons (Fsp3) is 0.231. The number of fused-ring (bicyclic) bond motifs is 1. The van der Waals surface area contributed by atoms with Crippen LogP contribution in [0.4, 0.5) is 0 Å². The van der Waals surface area contributed by atoms with Gasteiger partial charge in [-0.3, -0.25) is 4.79 Å². The van der Waals surface area contributed by atoms with Crippen molar-refractivity contribution >= 4 is 17.7 Å². The number of allylic oxidation sites excluding steroid dienone is 1. The third kappa shape index (κ3) is 3.91. The second-order valence-corrected chi connectivity index (χ2v) is 7.94. The van der Waals surface area contributed by atoms with Crippen LogP contribution in [0.3, 0.4) is 0 Å². The molecule has 156 valence electrons. The molecule has 0 saturated carbocycles. The molecule has 1 atom stereocenters. The largest absolute Gasteiger partial charge is 0.483 e. The average Bonchev–Trinajstić information content (AvgIpc) is 3.48. The molecule has 5 rings (SSSR count). The summed E-state index contributed by atoms with van der Waals surface area (Å²) < 4.78 is 11.6. The molecule has 1 amide bonds. The molecule has 0 bridgehead atoms. The van der Waals surface area contributed by atoms with Gasteiger partial charge in [0.05, 0.1) is 12.0 Å². The van der Waals surface area contributed by atoms with Gasteiger partial charge in [0.25, 0.3) is 5.91 Å². The molecular weight excluding hydrogens is 388 g/mol. The summed E-state index contributed by atoms with van der Waals surface area (Å²) in [5.74, 6) is 1.31. The minimum atomic E-state index is -0.268. The quantitative estimate of drug-likeness (QED) is 0.571. The molecule has 5 nitrogen and oxygen atoms in total. The lowest BCUT2D eigenvalue weighted by Gasteiger charge is -2.21. The third-order valence-corrected chi connectivity index (χ3v) is 5.80. The first kappa shape index (κ1) is 19.4. The molecule has 2 heterocycles. The summed E-state index contributed by atoms with van der Waals surface area (Å²) in [6.45, 7) is 1.99. The maximum atomic E-state index is 13.2. The molecule has 0 saturated heterocycles. The minimum Gasteiger partial charge on any atom is -0.483 e. The molecule has 1 aliphatic heterocycles. The lowest BCUT2D eigenvalue weighted by molar-refractivity contribution is -0.135. The molecule has 2 aliphatic rings. The number of amides is 1. The predicted octanol–water partition coefficient (Wildman–Crippen LogP) is 5.30. The number of ether oxygens (including phenoxy) is 1. The van der Waals surface area contributed by atoms with Gasteiger partial charge in [0, 0.05) is 12.0 Å². The predicted molar refractivity (Wildman–Crippen MR) is 120 cm³/mol. The first-order valence-electron chi connectivity index (χ1n) is 10.6. The molecule has 31 heavy (non-hydrogen) atoms. The van der Waals surface area contributed by atoms with Gasteiger partial charge in [0.1, 0.15) is 17.6 Å². The molecule has 0 fully saturated rings. The molecular formula is C26H24N2O3. The lowest BCUT2D eigenvalue weighted by Crippen LogP contribution is -2.31. The monoisotopic (exact) mass is 412 g/mol. The van der Waals surface area contributed by atoms with Gasteiger partial charge in [0.15, 0.2) is 6.61 Å². The Morgan fingerprint density at radius 2 is 2.03 bits per heavy atom. The van der Waals surface area contributed by atoms with Crippen molar-refractivity contribution in [2.24, 2.45) is 5.10 Å². The van der Waals surface area contributed by atoms with Gasteiger partial charge in [-0.1, -0.05) is 54.1 Å². The molecule has 0 radical (unpaired) electrons. The van der Waals surface area contributed by atoms with E-state index < -0.39 is 0 Å². The zero-order chi connectivity index (χ0) is 21.2. The van der Waals surface area contributed by atoms with Crippen LogP contribution in [-0.2, 0) is 11.2 Å². The number of hydrazone groups is 1. The van der Waals surface area contributed by atoms with E-state index in [2.05, 4.69) is 42.4 Å². The highest BCUT2D eigenvalue weighted by molar-refractivity contribution is 6.03. The topological polar surface area (TPSA) is 55.0 Å². The van der Waals surface area contributed by atoms with Gasteiger partial charge in [0.2, 0.25) is 0 Å². The van der Waals surface area contributed by atoms with Crippen LogP contribution in [0, 0.1) is 6.92 Å². The van der Waals surface area contributed by atoms with Crippen molar-refractivity contribution in [3.63, 3.8) is 0 Å². The Bertz CT molecular complexity index is 1140. The summed E-state index contributed by atoms with van der Waals surface area (Å²) in [5.41, 5.74) is 5.39. The average molecular weight is 412 g/mol. The van der Waals surface area contributed by atoms with E-state index in [0.717, 1.165) is 46.8 Å². The third-order valence-electron chi connectivity index (χ3n) is 5.80. The molecule has 0 N–H and O–H groups in total. The van der Waals surface area contributed by atoms with Gasteiger partial charge in [-0.15, -0.1) is 0 Å². The number of aryl methyl sites for hydroxylation is 1. The van der Waals surface area contributed by atoms with Gasteiger partial charge in [-0.25, -0.2) is 5.01 Å². The second-order valence-electron chi connectivity index (χ2n) is 7.94. The van der Waals surface area contributed by atoms with Crippen molar-refractivity contribution in [3.8, 4) is 5.75 Å². The van der Waals surface area contributed by atoms with Gasteiger partial charge in [-0.05, 0) is 49.1 Å².